The number of ether oxygens (including phenoxy) is 1. The summed E-state index contributed by atoms with van der Waals surface area (Å²) in [7, 11) is 0.934. The first-order valence-electron chi connectivity index (χ1n) is 6.63. The van der Waals surface area contributed by atoms with Crippen LogP contribution in [0.4, 0.5) is 4.39 Å². The zero-order valence-electron chi connectivity index (χ0n) is 12.4. The molecule has 1 aromatic carbocycles. The highest BCUT2D eigenvalue weighted by Gasteiger charge is 2.58. The smallest absolute Gasteiger partial charge is 0.326 e. The number of carboxylic acid groups (broad SMARTS) is 1. The van der Waals surface area contributed by atoms with Gasteiger partial charge >= 0.3 is 11.9 Å². The molecule has 1 unspecified atom stereocenters. The fourth-order valence-corrected chi connectivity index (χ4v) is 2.69. The van der Waals surface area contributed by atoms with Crippen molar-refractivity contribution in [1.82, 2.24) is 4.90 Å². The molecular weight excluding hydrogens is 323 g/mol. The van der Waals surface area contributed by atoms with Gasteiger partial charge in [-0.2, -0.15) is 5.26 Å². The number of benzene rings is 1. The molecule has 0 fully saturated rings. The number of fused-ring (bicyclic) bond motifs is 1. The maximum atomic E-state index is 13.7. The van der Waals surface area contributed by atoms with Crippen molar-refractivity contribution in [3.8, 4) is 6.07 Å². The number of hydrogen-bond donors (Lipinski definition) is 1. The summed E-state index contributed by atoms with van der Waals surface area (Å²) in [6.07, 6.45) is -1.05. The molecule has 0 aromatic heterocycles. The molecule has 24 heavy (non-hydrogen) atoms. The zero-order chi connectivity index (χ0) is 18.1. The monoisotopic (exact) mass is 334 g/mol. The molecule has 1 N–H and O–H groups in total. The predicted molar refractivity (Wildman–Crippen MR) is 74.0 cm³/mol. The highest BCUT2D eigenvalue weighted by molar-refractivity contribution is 6.22. The van der Waals surface area contributed by atoms with Gasteiger partial charge in [-0.1, -0.05) is 0 Å². The molecule has 9 heteroatoms. The number of aliphatic carboxylic acids is 1. The van der Waals surface area contributed by atoms with Crippen molar-refractivity contribution in [2.24, 2.45) is 0 Å². The zero-order valence-corrected chi connectivity index (χ0v) is 12.4. The number of nitrogens with zero attached hydrogens (tertiary/aromatic N) is 2. The number of esters is 1. The summed E-state index contributed by atoms with van der Waals surface area (Å²) in [5.41, 5.74) is -3.07. The lowest BCUT2D eigenvalue weighted by atomic mass is 9.71. The van der Waals surface area contributed by atoms with Gasteiger partial charge < -0.3 is 9.84 Å². The van der Waals surface area contributed by atoms with Crippen LogP contribution in [0.15, 0.2) is 18.2 Å². The quantitative estimate of drug-likeness (QED) is 0.361. The van der Waals surface area contributed by atoms with Crippen LogP contribution in [0.25, 0.3) is 0 Å². The minimum absolute atomic E-state index is 0.238. The molecular formula is C15H11FN2O6. The number of rotatable bonds is 4. The number of carbonyl (C=O) groups is 4. The van der Waals surface area contributed by atoms with E-state index in [0.29, 0.717) is 4.90 Å². The Labute approximate surface area is 135 Å². The molecule has 1 aromatic rings. The summed E-state index contributed by atoms with van der Waals surface area (Å²) >= 11 is 0. The molecule has 1 aliphatic rings. The first-order chi connectivity index (χ1) is 11.3. The molecule has 1 aliphatic heterocycles. The van der Waals surface area contributed by atoms with Crippen LogP contribution in [0.1, 0.15) is 22.3 Å². The van der Waals surface area contributed by atoms with Gasteiger partial charge in [-0.3, -0.25) is 24.1 Å². The second kappa shape index (κ2) is 6.08. The van der Waals surface area contributed by atoms with Gasteiger partial charge in [0.2, 0.25) is 0 Å². The van der Waals surface area contributed by atoms with Crippen molar-refractivity contribution < 1.29 is 33.4 Å². The van der Waals surface area contributed by atoms with Crippen LogP contribution in [-0.2, 0) is 24.5 Å². The predicted octanol–water partition coefficient (Wildman–Crippen LogP) is 0.217. The third-order valence-corrected chi connectivity index (χ3v) is 3.71. The number of imide groups is 1. The minimum Gasteiger partial charge on any atom is -0.481 e. The van der Waals surface area contributed by atoms with Gasteiger partial charge in [0.25, 0.3) is 11.8 Å². The highest BCUT2D eigenvalue weighted by atomic mass is 19.1. The molecule has 124 valence electrons. The van der Waals surface area contributed by atoms with E-state index >= 15 is 0 Å². The van der Waals surface area contributed by atoms with Crippen LogP contribution in [0, 0.1) is 17.1 Å². The lowest BCUT2D eigenvalue weighted by Crippen LogP contribution is -2.59. The Morgan fingerprint density at radius 2 is 2.08 bits per heavy atom. The molecule has 0 bridgehead atoms. The fraction of sp³-hybridized carbons (Fsp3) is 0.267. The maximum absolute atomic E-state index is 13.7. The van der Waals surface area contributed by atoms with E-state index in [9.17, 15) is 23.6 Å². The molecule has 2 amide bonds. The first-order valence-corrected chi connectivity index (χ1v) is 6.63. The number of nitriles is 1. The fourth-order valence-electron chi connectivity index (χ4n) is 2.69. The summed E-state index contributed by atoms with van der Waals surface area (Å²) in [4.78, 5) is 49.1. The molecule has 1 heterocycles. The van der Waals surface area contributed by atoms with Gasteiger partial charge in [0.05, 0.1) is 19.6 Å². The Morgan fingerprint density at radius 3 is 2.62 bits per heavy atom. The van der Waals surface area contributed by atoms with E-state index in [1.54, 1.807) is 6.07 Å². The Morgan fingerprint density at radius 1 is 1.42 bits per heavy atom. The summed E-state index contributed by atoms with van der Waals surface area (Å²) in [5, 5.41) is 18.0. The highest BCUT2D eigenvalue weighted by Crippen LogP contribution is 2.39. The van der Waals surface area contributed by atoms with E-state index in [1.807, 2.05) is 0 Å². The number of carbonyl (C=O) groups excluding carboxylic acids is 3. The van der Waals surface area contributed by atoms with Crippen molar-refractivity contribution in [1.29, 1.82) is 5.26 Å². The van der Waals surface area contributed by atoms with E-state index in [0.717, 1.165) is 25.3 Å². The third kappa shape index (κ3) is 2.38. The van der Waals surface area contributed by atoms with Crippen LogP contribution in [-0.4, -0.2) is 47.4 Å². The van der Waals surface area contributed by atoms with Gasteiger partial charge in [0.15, 0.2) is 5.41 Å². The van der Waals surface area contributed by atoms with Gasteiger partial charge in [-0.15, -0.1) is 0 Å². The largest absolute Gasteiger partial charge is 0.481 e. The van der Waals surface area contributed by atoms with Crippen molar-refractivity contribution in [3.05, 3.63) is 35.1 Å². The van der Waals surface area contributed by atoms with Gasteiger partial charge in [-0.05, 0) is 23.8 Å². The first kappa shape index (κ1) is 17.1. The molecule has 0 saturated carbocycles. The van der Waals surface area contributed by atoms with Crippen molar-refractivity contribution in [3.63, 3.8) is 0 Å². The number of carboxylic acids is 1. The molecule has 8 nitrogen and oxygen atoms in total. The molecule has 0 radical (unpaired) electrons. The van der Waals surface area contributed by atoms with E-state index in [-0.39, 0.29) is 11.1 Å². The van der Waals surface area contributed by atoms with Crippen LogP contribution in [0.2, 0.25) is 0 Å². The van der Waals surface area contributed by atoms with Crippen LogP contribution in [0.5, 0.6) is 0 Å². The Bertz CT molecular complexity index is 800. The topological polar surface area (TPSA) is 125 Å². The maximum Gasteiger partial charge on any atom is 0.326 e. The van der Waals surface area contributed by atoms with Crippen molar-refractivity contribution in [2.75, 3.05) is 13.7 Å². The standard InChI is InChI=1S/C15H11FN2O6/c1-24-14(23)15(7-11(19)20)10-6-8(16)2-3-9(10)12(21)18(5-4-17)13(15)22/h2-3,6H,5,7H2,1H3,(H,19,20). The Hall–Kier alpha value is -3.28. The summed E-state index contributed by atoms with van der Waals surface area (Å²) in [5.74, 6) is -5.79. The van der Waals surface area contributed by atoms with Crippen molar-refractivity contribution in [2.45, 2.75) is 11.8 Å². The number of methoxy groups -OCH3 is 1. The van der Waals surface area contributed by atoms with E-state index in [2.05, 4.69) is 4.74 Å². The number of hydrogen-bond acceptors (Lipinski definition) is 6. The van der Waals surface area contributed by atoms with Gasteiger partial charge in [0, 0.05) is 5.56 Å². The SMILES string of the molecule is COC(=O)C1(CC(=O)O)C(=O)N(CC#N)C(=O)c2ccc(F)cc21. The van der Waals surface area contributed by atoms with Crippen LogP contribution in [0.3, 0.4) is 0 Å². The summed E-state index contributed by atoms with van der Waals surface area (Å²) in [6.45, 7) is -0.688. The number of amides is 2. The molecule has 2 rings (SSSR count). The molecule has 0 spiro atoms. The summed E-state index contributed by atoms with van der Waals surface area (Å²) in [6, 6.07) is 4.32. The van der Waals surface area contributed by atoms with Crippen LogP contribution < -0.4 is 0 Å². The third-order valence-electron chi connectivity index (χ3n) is 3.71. The number of halogens is 1. The van der Waals surface area contributed by atoms with E-state index < -0.39 is 48.0 Å². The Balaban J connectivity index is 2.86. The molecule has 0 saturated heterocycles. The van der Waals surface area contributed by atoms with Crippen LogP contribution >= 0.6 is 0 Å². The second-order valence-corrected chi connectivity index (χ2v) is 5.01. The average molecular weight is 334 g/mol. The lowest BCUT2D eigenvalue weighted by Gasteiger charge is -2.38. The van der Waals surface area contributed by atoms with E-state index in [4.69, 9.17) is 10.4 Å². The molecule has 1 atom stereocenters. The minimum atomic E-state index is -2.44. The van der Waals surface area contributed by atoms with Crippen molar-refractivity contribution >= 4 is 23.8 Å². The van der Waals surface area contributed by atoms with Gasteiger partial charge in [-0.25, -0.2) is 4.39 Å². The normalized spacial score (nSPS) is 19.5. The van der Waals surface area contributed by atoms with E-state index in [1.165, 1.54) is 0 Å². The van der Waals surface area contributed by atoms with Gasteiger partial charge in [0.1, 0.15) is 12.4 Å². The Kier molecular flexibility index (Phi) is 4.33. The second-order valence-electron chi connectivity index (χ2n) is 5.01. The lowest BCUT2D eigenvalue weighted by molar-refractivity contribution is -0.160. The molecule has 0 aliphatic carbocycles. The average Bonchev–Trinajstić information content (AvgIpc) is 2.54. The summed E-state index contributed by atoms with van der Waals surface area (Å²) < 4.78 is 18.2.